The Hall–Kier alpha value is -1.76. The van der Waals surface area contributed by atoms with Crippen molar-refractivity contribution in [1.82, 2.24) is 0 Å². The summed E-state index contributed by atoms with van der Waals surface area (Å²) in [4.78, 5) is 1.90. The van der Waals surface area contributed by atoms with E-state index in [-0.39, 0.29) is 11.6 Å². The molecule has 0 aliphatic heterocycles. The van der Waals surface area contributed by atoms with E-state index in [1.165, 1.54) is 12.1 Å². The Balaban J connectivity index is 3.27. The molecule has 0 saturated carbocycles. The van der Waals surface area contributed by atoms with Crippen molar-refractivity contribution in [3.05, 3.63) is 29.3 Å². The van der Waals surface area contributed by atoms with Crippen LogP contribution in [-0.2, 0) is 10.9 Å². The maximum absolute atomic E-state index is 12.9. The number of hydrogen-bond acceptors (Lipinski definition) is 3. The molecule has 0 heterocycles. The molecule has 1 rings (SSSR count). The summed E-state index contributed by atoms with van der Waals surface area (Å²) in [5.74, 6) is -0.598. The van der Waals surface area contributed by atoms with Gasteiger partial charge in [-0.05, 0) is 32.0 Å². The fourth-order valence-corrected chi connectivity index (χ4v) is 2.26. The highest BCUT2D eigenvalue weighted by Gasteiger charge is 2.34. The Kier molecular flexibility index (Phi) is 5.60. The molecule has 0 aliphatic rings. The molecule has 1 unspecified atom stereocenters. The summed E-state index contributed by atoms with van der Waals surface area (Å²) in [5, 5.41) is 7.37. The minimum Gasteiger partial charge on any atom is -0.384 e. The molecule has 0 amide bonds. The van der Waals surface area contributed by atoms with Crippen molar-refractivity contribution in [1.29, 1.82) is 5.41 Å². The lowest BCUT2D eigenvalue weighted by molar-refractivity contribution is -0.137. The van der Waals surface area contributed by atoms with E-state index in [0.29, 0.717) is 18.8 Å². The minimum atomic E-state index is -4.53. The van der Waals surface area contributed by atoms with Crippen LogP contribution in [0.3, 0.4) is 0 Å². The molecule has 1 atom stereocenters. The average Bonchev–Trinajstić information content (AvgIpc) is 2.38. The van der Waals surface area contributed by atoms with Crippen LogP contribution in [0, 0.1) is 5.41 Å². The predicted molar refractivity (Wildman–Crippen MR) is 76.8 cm³/mol. The quantitative estimate of drug-likeness (QED) is 0.627. The number of ether oxygens (including phenoxy) is 1. The highest BCUT2D eigenvalue weighted by atomic mass is 19.4. The van der Waals surface area contributed by atoms with Gasteiger partial charge in [-0.15, -0.1) is 0 Å². The Labute approximate surface area is 122 Å². The summed E-state index contributed by atoms with van der Waals surface area (Å²) in [6, 6.07) is 3.66. The summed E-state index contributed by atoms with van der Waals surface area (Å²) in [5.41, 5.74) is 4.68. The maximum Gasteiger partial charge on any atom is 0.417 e. The molecule has 21 heavy (non-hydrogen) atoms. The summed E-state index contributed by atoms with van der Waals surface area (Å²) >= 11 is 0. The number of methoxy groups -OCH3 is 1. The molecule has 0 spiro atoms. The Morgan fingerprint density at radius 2 is 2.05 bits per heavy atom. The van der Waals surface area contributed by atoms with E-state index in [4.69, 9.17) is 15.9 Å². The van der Waals surface area contributed by atoms with Gasteiger partial charge in [0.15, 0.2) is 0 Å². The van der Waals surface area contributed by atoms with Crippen molar-refractivity contribution < 1.29 is 17.9 Å². The van der Waals surface area contributed by atoms with Gasteiger partial charge in [-0.25, -0.2) is 0 Å². The Bertz CT molecular complexity index is 503. The van der Waals surface area contributed by atoms with Crippen LogP contribution in [0.1, 0.15) is 25.0 Å². The maximum atomic E-state index is 12.9. The number of nitrogen functional groups attached to an aromatic ring is 1. The molecule has 1 aromatic rings. The number of amidine groups is 1. The fourth-order valence-electron chi connectivity index (χ4n) is 2.26. The molecule has 4 nitrogen and oxygen atoms in total. The SMILES string of the molecule is CCN(c1ccc(C(F)(F)F)c(C(=N)N)c1)C(C)COC. The van der Waals surface area contributed by atoms with Gasteiger partial charge in [0.2, 0.25) is 0 Å². The summed E-state index contributed by atoms with van der Waals surface area (Å²) < 4.78 is 43.8. The average molecular weight is 303 g/mol. The van der Waals surface area contributed by atoms with Crippen LogP contribution in [0.2, 0.25) is 0 Å². The van der Waals surface area contributed by atoms with Crippen LogP contribution in [-0.4, -0.2) is 32.1 Å². The van der Waals surface area contributed by atoms with Gasteiger partial charge in [0.25, 0.3) is 0 Å². The van der Waals surface area contributed by atoms with Crippen LogP contribution >= 0.6 is 0 Å². The molecule has 0 radical (unpaired) electrons. The molecule has 0 aliphatic carbocycles. The minimum absolute atomic E-state index is 0.00320. The van der Waals surface area contributed by atoms with Gasteiger partial charge in [-0.2, -0.15) is 13.2 Å². The highest BCUT2D eigenvalue weighted by Crippen LogP contribution is 2.34. The molecule has 0 fully saturated rings. The van der Waals surface area contributed by atoms with Gasteiger partial charge >= 0.3 is 6.18 Å². The third-order valence-corrected chi connectivity index (χ3v) is 3.21. The first-order chi connectivity index (χ1) is 9.72. The van der Waals surface area contributed by atoms with Gasteiger partial charge in [-0.1, -0.05) is 0 Å². The zero-order chi connectivity index (χ0) is 16.2. The molecule has 7 heteroatoms. The fraction of sp³-hybridized carbons (Fsp3) is 0.500. The number of alkyl halides is 3. The topological polar surface area (TPSA) is 62.3 Å². The zero-order valence-corrected chi connectivity index (χ0v) is 12.3. The van der Waals surface area contributed by atoms with Gasteiger partial charge in [0, 0.05) is 30.9 Å². The van der Waals surface area contributed by atoms with Crippen LogP contribution in [0.25, 0.3) is 0 Å². The lowest BCUT2D eigenvalue weighted by Gasteiger charge is -2.30. The normalized spacial score (nSPS) is 13.0. The standard InChI is InChI=1S/C14H20F3N3O/c1-4-20(9(2)8-21-3)10-5-6-12(14(15,16)17)11(7-10)13(18)19/h5-7,9H,4,8H2,1-3H3,(H3,18,19). The number of nitrogens with zero attached hydrogens (tertiary/aromatic N) is 1. The van der Waals surface area contributed by atoms with Crippen molar-refractivity contribution >= 4 is 11.5 Å². The molecule has 0 saturated heterocycles. The number of hydrogen-bond donors (Lipinski definition) is 2. The number of anilines is 1. The first-order valence-corrected chi connectivity index (χ1v) is 6.53. The molecule has 0 bridgehead atoms. The third kappa shape index (κ3) is 4.10. The number of halogens is 3. The van der Waals surface area contributed by atoms with Gasteiger partial charge in [0.1, 0.15) is 5.84 Å². The molecular weight excluding hydrogens is 283 g/mol. The van der Waals surface area contributed by atoms with Crippen molar-refractivity contribution in [2.24, 2.45) is 5.73 Å². The largest absolute Gasteiger partial charge is 0.417 e. The smallest absolute Gasteiger partial charge is 0.384 e. The summed E-state index contributed by atoms with van der Waals surface area (Å²) in [6.07, 6.45) is -4.53. The Morgan fingerprint density at radius 1 is 1.43 bits per heavy atom. The second-order valence-electron chi connectivity index (χ2n) is 4.73. The van der Waals surface area contributed by atoms with Crippen molar-refractivity contribution in [2.75, 3.05) is 25.2 Å². The number of rotatable bonds is 6. The van der Waals surface area contributed by atoms with E-state index in [2.05, 4.69) is 0 Å². The van der Waals surface area contributed by atoms with E-state index >= 15 is 0 Å². The monoisotopic (exact) mass is 303 g/mol. The van der Waals surface area contributed by atoms with Crippen LogP contribution in [0.5, 0.6) is 0 Å². The molecule has 0 aromatic heterocycles. The van der Waals surface area contributed by atoms with Gasteiger partial charge in [-0.3, -0.25) is 5.41 Å². The van der Waals surface area contributed by atoms with Crippen LogP contribution in [0.15, 0.2) is 18.2 Å². The van der Waals surface area contributed by atoms with Crippen LogP contribution in [0.4, 0.5) is 18.9 Å². The number of likely N-dealkylation sites (N-methyl/N-ethyl adjacent to an activating group) is 1. The first kappa shape index (κ1) is 17.3. The summed E-state index contributed by atoms with van der Waals surface area (Å²) in [7, 11) is 1.57. The number of benzene rings is 1. The Morgan fingerprint density at radius 3 is 2.48 bits per heavy atom. The lowest BCUT2D eigenvalue weighted by atomic mass is 10.0. The second-order valence-corrected chi connectivity index (χ2v) is 4.73. The molecule has 3 N–H and O–H groups in total. The van der Waals surface area contributed by atoms with Crippen molar-refractivity contribution in [2.45, 2.75) is 26.1 Å². The predicted octanol–water partition coefficient (Wildman–Crippen LogP) is 2.85. The van der Waals surface area contributed by atoms with E-state index in [0.717, 1.165) is 6.07 Å². The number of nitrogens with two attached hydrogens (primary N) is 1. The van der Waals surface area contributed by atoms with Crippen molar-refractivity contribution in [3.8, 4) is 0 Å². The second kappa shape index (κ2) is 6.80. The van der Waals surface area contributed by atoms with E-state index in [1.807, 2.05) is 18.7 Å². The van der Waals surface area contributed by atoms with E-state index < -0.39 is 17.6 Å². The molecule has 118 valence electrons. The first-order valence-electron chi connectivity index (χ1n) is 6.53. The van der Waals surface area contributed by atoms with Crippen molar-refractivity contribution in [3.63, 3.8) is 0 Å². The molecule has 1 aromatic carbocycles. The third-order valence-electron chi connectivity index (χ3n) is 3.21. The van der Waals surface area contributed by atoms with E-state index in [1.54, 1.807) is 7.11 Å². The number of nitrogens with one attached hydrogen (secondary N) is 1. The summed E-state index contributed by atoms with van der Waals surface area (Å²) in [6.45, 7) is 4.87. The highest BCUT2D eigenvalue weighted by molar-refractivity contribution is 5.97. The van der Waals surface area contributed by atoms with Gasteiger partial charge < -0.3 is 15.4 Å². The van der Waals surface area contributed by atoms with E-state index in [9.17, 15) is 13.2 Å². The van der Waals surface area contributed by atoms with Crippen LogP contribution < -0.4 is 10.6 Å². The van der Waals surface area contributed by atoms with Gasteiger partial charge in [0.05, 0.1) is 12.2 Å². The lowest BCUT2D eigenvalue weighted by Crippen LogP contribution is -2.36. The zero-order valence-electron chi connectivity index (χ0n) is 12.3. The molecular formula is C14H20F3N3O.